The number of carbonyl (C=O) groups is 2. The van der Waals surface area contributed by atoms with Crippen LogP contribution in [-0.4, -0.2) is 11.8 Å². The highest BCUT2D eigenvalue weighted by atomic mass is 16.2. The van der Waals surface area contributed by atoms with Gasteiger partial charge in [-0.2, -0.15) is 0 Å². The second kappa shape index (κ2) is 6.51. The van der Waals surface area contributed by atoms with Gasteiger partial charge in [0, 0.05) is 12.0 Å². The molecule has 0 aromatic heterocycles. The van der Waals surface area contributed by atoms with Crippen molar-refractivity contribution in [1.82, 2.24) is 10.9 Å². The van der Waals surface area contributed by atoms with Gasteiger partial charge in [-0.1, -0.05) is 25.5 Å². The summed E-state index contributed by atoms with van der Waals surface area (Å²) in [5, 5.41) is 0. The van der Waals surface area contributed by atoms with E-state index in [0.29, 0.717) is 17.9 Å². The lowest BCUT2D eigenvalue weighted by atomic mass is 9.86. The predicted molar refractivity (Wildman–Crippen MR) is 85.0 cm³/mol. The number of amides is 2. The molecule has 0 radical (unpaired) electrons. The molecule has 0 heterocycles. The van der Waals surface area contributed by atoms with E-state index in [2.05, 4.69) is 17.8 Å². The Labute approximate surface area is 131 Å². The maximum atomic E-state index is 12.0. The van der Waals surface area contributed by atoms with Gasteiger partial charge in [-0.05, 0) is 61.1 Å². The molecule has 22 heavy (non-hydrogen) atoms. The molecule has 3 rings (SSSR count). The first-order chi connectivity index (χ1) is 10.7. The molecule has 2 bridgehead atoms. The van der Waals surface area contributed by atoms with Crippen molar-refractivity contribution < 1.29 is 9.59 Å². The van der Waals surface area contributed by atoms with Crippen molar-refractivity contribution in [3.63, 3.8) is 0 Å². The summed E-state index contributed by atoms with van der Waals surface area (Å²) in [6.07, 6.45) is 6.59. The van der Waals surface area contributed by atoms with Crippen molar-refractivity contribution in [3.05, 3.63) is 35.4 Å². The van der Waals surface area contributed by atoms with Crippen LogP contribution in [0.5, 0.6) is 0 Å². The Bertz CT molecular complexity index is 553. The summed E-state index contributed by atoms with van der Waals surface area (Å²) in [7, 11) is 0. The summed E-state index contributed by atoms with van der Waals surface area (Å²) < 4.78 is 0. The van der Waals surface area contributed by atoms with Gasteiger partial charge >= 0.3 is 0 Å². The quantitative estimate of drug-likeness (QED) is 0.840. The van der Waals surface area contributed by atoms with E-state index >= 15 is 0 Å². The molecule has 1 aromatic carbocycles. The van der Waals surface area contributed by atoms with Gasteiger partial charge in [-0.3, -0.25) is 20.4 Å². The van der Waals surface area contributed by atoms with E-state index in [9.17, 15) is 9.59 Å². The fourth-order valence-electron chi connectivity index (χ4n) is 4.01. The molecule has 0 aliphatic heterocycles. The predicted octanol–water partition coefficient (Wildman–Crippen LogP) is 2.84. The summed E-state index contributed by atoms with van der Waals surface area (Å²) >= 11 is 0. The van der Waals surface area contributed by atoms with Crippen LogP contribution in [0.15, 0.2) is 24.3 Å². The van der Waals surface area contributed by atoms with Crippen LogP contribution in [0.3, 0.4) is 0 Å². The van der Waals surface area contributed by atoms with E-state index in [1.54, 1.807) is 12.1 Å². The standard InChI is InChI=1S/C18H24N2O2/c1-2-12-3-6-14(7-4-12)18(22)20-19-17(21)11-16-10-13-5-8-15(16)9-13/h3-4,6-7,13,15-16H,2,5,8-11H2,1H3,(H,19,21)(H,20,22)/t13-,15-,16-/m1/s1. The van der Waals surface area contributed by atoms with Gasteiger partial charge in [0.05, 0.1) is 0 Å². The number of rotatable bonds is 4. The summed E-state index contributed by atoms with van der Waals surface area (Å²) in [4.78, 5) is 24.0. The van der Waals surface area contributed by atoms with Crippen molar-refractivity contribution in [1.29, 1.82) is 0 Å². The van der Waals surface area contributed by atoms with Gasteiger partial charge in [0.2, 0.25) is 5.91 Å². The molecule has 1 aromatic rings. The van der Waals surface area contributed by atoms with Crippen molar-refractivity contribution in [2.45, 2.75) is 45.4 Å². The Morgan fingerprint density at radius 2 is 1.86 bits per heavy atom. The smallest absolute Gasteiger partial charge is 0.269 e. The zero-order valence-electron chi connectivity index (χ0n) is 13.1. The third kappa shape index (κ3) is 3.32. The first kappa shape index (κ1) is 15.1. The summed E-state index contributed by atoms with van der Waals surface area (Å²) in [6.45, 7) is 2.07. The van der Waals surface area contributed by atoms with Crippen LogP contribution in [0, 0.1) is 17.8 Å². The number of hydrazine groups is 1. The second-order valence-corrected chi connectivity index (χ2v) is 6.69. The molecule has 118 valence electrons. The Morgan fingerprint density at radius 3 is 2.45 bits per heavy atom. The van der Waals surface area contributed by atoms with Crippen LogP contribution in [-0.2, 0) is 11.2 Å². The summed E-state index contributed by atoms with van der Waals surface area (Å²) in [5.41, 5.74) is 6.83. The van der Waals surface area contributed by atoms with E-state index in [1.807, 2.05) is 12.1 Å². The lowest BCUT2D eigenvalue weighted by Crippen LogP contribution is -2.42. The highest BCUT2D eigenvalue weighted by Crippen LogP contribution is 2.49. The summed E-state index contributed by atoms with van der Waals surface area (Å²) in [6, 6.07) is 7.45. The first-order valence-electron chi connectivity index (χ1n) is 8.33. The molecule has 0 spiro atoms. The average molecular weight is 300 g/mol. The molecule has 2 aliphatic rings. The molecule has 2 amide bonds. The maximum absolute atomic E-state index is 12.0. The SMILES string of the molecule is CCc1ccc(C(=O)NNC(=O)C[C@H]2C[C@@H]3CC[C@@H]2C3)cc1. The fourth-order valence-corrected chi connectivity index (χ4v) is 4.01. The molecule has 2 N–H and O–H groups in total. The van der Waals surface area contributed by atoms with Gasteiger partial charge in [0.1, 0.15) is 0 Å². The molecule has 4 nitrogen and oxygen atoms in total. The minimum atomic E-state index is -0.260. The normalized spacial score (nSPS) is 26.0. The molecular formula is C18H24N2O2. The number of fused-ring (bicyclic) bond motifs is 2. The van der Waals surface area contributed by atoms with Gasteiger partial charge in [-0.25, -0.2) is 0 Å². The van der Waals surface area contributed by atoms with E-state index < -0.39 is 0 Å². The van der Waals surface area contributed by atoms with Gasteiger partial charge < -0.3 is 0 Å². The lowest BCUT2D eigenvalue weighted by Gasteiger charge is -2.20. The van der Waals surface area contributed by atoms with Crippen molar-refractivity contribution in [2.24, 2.45) is 17.8 Å². The van der Waals surface area contributed by atoms with Crippen LogP contribution < -0.4 is 10.9 Å². The molecule has 2 fully saturated rings. The van der Waals surface area contributed by atoms with Crippen LogP contribution >= 0.6 is 0 Å². The molecular weight excluding hydrogens is 276 g/mol. The molecule has 0 unspecified atom stereocenters. The Kier molecular flexibility index (Phi) is 4.46. The number of hydrogen-bond acceptors (Lipinski definition) is 2. The number of aryl methyl sites for hydroxylation is 1. The molecule has 2 saturated carbocycles. The van der Waals surface area contributed by atoms with Gasteiger partial charge in [-0.15, -0.1) is 0 Å². The number of carbonyl (C=O) groups excluding carboxylic acids is 2. The van der Waals surface area contributed by atoms with Crippen molar-refractivity contribution in [3.8, 4) is 0 Å². The fraction of sp³-hybridized carbons (Fsp3) is 0.556. The highest BCUT2D eigenvalue weighted by molar-refractivity contribution is 5.95. The lowest BCUT2D eigenvalue weighted by molar-refractivity contribution is -0.123. The van der Waals surface area contributed by atoms with E-state index in [4.69, 9.17) is 0 Å². The van der Waals surface area contributed by atoms with Crippen LogP contribution in [0.2, 0.25) is 0 Å². The first-order valence-corrected chi connectivity index (χ1v) is 8.33. The second-order valence-electron chi connectivity index (χ2n) is 6.69. The van der Waals surface area contributed by atoms with Crippen LogP contribution in [0.4, 0.5) is 0 Å². The largest absolute Gasteiger partial charge is 0.273 e. The average Bonchev–Trinajstić information content (AvgIpc) is 3.15. The minimum absolute atomic E-state index is 0.0731. The van der Waals surface area contributed by atoms with E-state index in [0.717, 1.165) is 18.3 Å². The zero-order chi connectivity index (χ0) is 15.5. The Morgan fingerprint density at radius 1 is 1.09 bits per heavy atom. The number of benzene rings is 1. The molecule has 0 saturated heterocycles. The Balaban J connectivity index is 1.45. The number of nitrogens with one attached hydrogen (secondary N) is 2. The van der Waals surface area contributed by atoms with Crippen LogP contribution in [0.25, 0.3) is 0 Å². The molecule has 4 heteroatoms. The third-order valence-electron chi connectivity index (χ3n) is 5.27. The molecule has 2 aliphatic carbocycles. The van der Waals surface area contributed by atoms with Crippen LogP contribution in [0.1, 0.15) is 54.9 Å². The van der Waals surface area contributed by atoms with E-state index in [1.165, 1.54) is 31.2 Å². The summed E-state index contributed by atoms with van der Waals surface area (Å²) in [5.74, 6) is 1.75. The van der Waals surface area contributed by atoms with Gasteiger partial charge in [0.15, 0.2) is 0 Å². The monoisotopic (exact) mass is 300 g/mol. The topological polar surface area (TPSA) is 58.2 Å². The highest BCUT2D eigenvalue weighted by Gasteiger charge is 2.40. The maximum Gasteiger partial charge on any atom is 0.269 e. The Hall–Kier alpha value is -1.84. The van der Waals surface area contributed by atoms with Crippen molar-refractivity contribution >= 4 is 11.8 Å². The molecule has 3 atom stereocenters. The van der Waals surface area contributed by atoms with E-state index in [-0.39, 0.29) is 11.8 Å². The zero-order valence-corrected chi connectivity index (χ0v) is 13.1. The minimum Gasteiger partial charge on any atom is -0.273 e. The van der Waals surface area contributed by atoms with Crippen molar-refractivity contribution in [2.75, 3.05) is 0 Å². The number of hydrogen-bond donors (Lipinski definition) is 2. The van der Waals surface area contributed by atoms with Gasteiger partial charge in [0.25, 0.3) is 5.91 Å². The third-order valence-corrected chi connectivity index (χ3v) is 5.27.